The van der Waals surface area contributed by atoms with E-state index in [4.69, 9.17) is 0 Å². The molecule has 0 aliphatic carbocycles. The summed E-state index contributed by atoms with van der Waals surface area (Å²) in [5.74, 6) is -2.14. The van der Waals surface area contributed by atoms with E-state index in [2.05, 4.69) is 5.32 Å². The monoisotopic (exact) mass is 299 g/mol. The van der Waals surface area contributed by atoms with Crippen molar-refractivity contribution in [3.05, 3.63) is 33.9 Å². The van der Waals surface area contributed by atoms with Crippen LogP contribution in [-0.2, 0) is 4.79 Å². The molecule has 0 spiro atoms. The van der Waals surface area contributed by atoms with Crippen molar-refractivity contribution in [2.45, 2.75) is 25.8 Å². The molecule has 1 N–H and O–H groups in total. The Hall–Kier alpha value is -2.25. The van der Waals surface area contributed by atoms with Crippen molar-refractivity contribution in [1.82, 2.24) is 5.32 Å². The minimum absolute atomic E-state index is 0.190. The highest BCUT2D eigenvalue weighted by Crippen LogP contribution is 2.30. The maximum Gasteiger partial charge on any atom is 0.275 e. The molecule has 0 bridgehead atoms. The fourth-order valence-electron chi connectivity index (χ4n) is 2.55. The second-order valence-corrected chi connectivity index (χ2v) is 5.00. The summed E-state index contributed by atoms with van der Waals surface area (Å²) in [4.78, 5) is 22.3. The van der Waals surface area contributed by atoms with E-state index in [1.165, 1.54) is 11.8 Å². The molecular weight excluding hydrogens is 284 g/mol. The van der Waals surface area contributed by atoms with Crippen LogP contribution in [0.25, 0.3) is 0 Å². The Morgan fingerprint density at radius 2 is 2.05 bits per heavy atom. The van der Waals surface area contributed by atoms with Crippen LogP contribution < -0.4 is 10.2 Å². The molecule has 0 aromatic heterocycles. The number of benzene rings is 1. The molecule has 0 saturated carbocycles. The molecule has 8 heteroatoms. The van der Waals surface area contributed by atoms with E-state index in [1.807, 2.05) is 0 Å². The van der Waals surface area contributed by atoms with E-state index in [1.54, 1.807) is 0 Å². The third-order valence-electron chi connectivity index (χ3n) is 3.36. The smallest absolute Gasteiger partial charge is 0.275 e. The van der Waals surface area contributed by atoms with E-state index in [0.29, 0.717) is 25.1 Å². The van der Waals surface area contributed by atoms with Gasteiger partial charge in [0.1, 0.15) is 5.69 Å². The minimum Gasteiger partial charge on any atom is -0.365 e. The highest BCUT2D eigenvalue weighted by Gasteiger charge is 2.26. The molecule has 1 heterocycles. The third-order valence-corrected chi connectivity index (χ3v) is 3.36. The summed E-state index contributed by atoms with van der Waals surface area (Å²) < 4.78 is 27.9. The molecule has 0 unspecified atom stereocenters. The molecular formula is C13H15F2N3O3. The predicted octanol–water partition coefficient (Wildman–Crippen LogP) is 1.98. The van der Waals surface area contributed by atoms with E-state index < -0.39 is 22.2 Å². The van der Waals surface area contributed by atoms with E-state index in [-0.39, 0.29) is 24.2 Å². The quantitative estimate of drug-likeness (QED) is 0.684. The van der Waals surface area contributed by atoms with Crippen LogP contribution in [0.2, 0.25) is 0 Å². The van der Waals surface area contributed by atoms with Crippen molar-refractivity contribution in [3.63, 3.8) is 0 Å². The van der Waals surface area contributed by atoms with Gasteiger partial charge in [0, 0.05) is 26.1 Å². The lowest BCUT2D eigenvalue weighted by molar-refractivity contribution is -0.385. The number of amides is 1. The van der Waals surface area contributed by atoms with Gasteiger partial charge in [0.25, 0.3) is 5.69 Å². The van der Waals surface area contributed by atoms with Gasteiger partial charge in [-0.2, -0.15) is 0 Å². The molecule has 114 valence electrons. The molecule has 1 aliphatic heterocycles. The summed E-state index contributed by atoms with van der Waals surface area (Å²) in [5, 5.41) is 13.3. The Morgan fingerprint density at radius 3 is 2.57 bits per heavy atom. The third kappa shape index (κ3) is 3.45. The van der Waals surface area contributed by atoms with Gasteiger partial charge in [-0.25, -0.2) is 8.78 Å². The molecule has 2 rings (SSSR count). The Kier molecular flexibility index (Phi) is 4.35. The molecule has 1 aromatic carbocycles. The van der Waals surface area contributed by atoms with Crippen LogP contribution in [0.15, 0.2) is 12.1 Å². The molecule has 1 fully saturated rings. The van der Waals surface area contributed by atoms with Crippen molar-refractivity contribution in [2.24, 2.45) is 0 Å². The van der Waals surface area contributed by atoms with Gasteiger partial charge in [0.05, 0.1) is 17.1 Å². The number of rotatable bonds is 3. The Bertz CT molecular complexity index is 557. The standard InChI is InChI=1S/C13H15F2N3O3/c1-8(19)16-9-3-2-4-17(7-9)13-11(14)5-10(18(20)21)6-12(13)15/h5-6,9H,2-4,7H2,1H3,(H,16,19)/t9-/m0/s1. The highest BCUT2D eigenvalue weighted by atomic mass is 19.1. The van der Waals surface area contributed by atoms with E-state index in [9.17, 15) is 23.7 Å². The van der Waals surface area contributed by atoms with Crippen molar-refractivity contribution < 1.29 is 18.5 Å². The Balaban J connectivity index is 2.25. The fraction of sp³-hybridized carbons (Fsp3) is 0.462. The van der Waals surface area contributed by atoms with Crippen LogP contribution in [0.1, 0.15) is 19.8 Å². The second kappa shape index (κ2) is 6.02. The van der Waals surface area contributed by atoms with Gasteiger partial charge in [-0.1, -0.05) is 0 Å². The number of piperidine rings is 1. The summed E-state index contributed by atoms with van der Waals surface area (Å²) in [6.45, 7) is 2.08. The number of nitrogens with one attached hydrogen (secondary N) is 1. The number of hydrogen-bond donors (Lipinski definition) is 1. The zero-order chi connectivity index (χ0) is 15.6. The lowest BCUT2D eigenvalue weighted by atomic mass is 10.0. The number of anilines is 1. The number of nitro benzene ring substituents is 1. The van der Waals surface area contributed by atoms with Crippen LogP contribution in [0.4, 0.5) is 20.2 Å². The summed E-state index contributed by atoms with van der Waals surface area (Å²) in [5.41, 5.74) is -0.903. The van der Waals surface area contributed by atoms with Crippen LogP contribution in [0, 0.1) is 21.7 Å². The van der Waals surface area contributed by atoms with Gasteiger partial charge in [0.15, 0.2) is 11.6 Å². The lowest BCUT2D eigenvalue weighted by Gasteiger charge is -2.34. The number of non-ortho nitro benzene ring substituents is 1. The lowest BCUT2D eigenvalue weighted by Crippen LogP contribution is -2.47. The Morgan fingerprint density at radius 1 is 1.43 bits per heavy atom. The number of carbonyl (C=O) groups is 1. The first-order valence-electron chi connectivity index (χ1n) is 6.54. The zero-order valence-electron chi connectivity index (χ0n) is 11.4. The molecule has 1 amide bonds. The van der Waals surface area contributed by atoms with Gasteiger partial charge in [0.2, 0.25) is 5.91 Å². The number of nitrogens with zero attached hydrogens (tertiary/aromatic N) is 2. The summed E-state index contributed by atoms with van der Waals surface area (Å²) in [6.07, 6.45) is 1.40. The van der Waals surface area contributed by atoms with Crippen LogP contribution in [0.5, 0.6) is 0 Å². The number of hydrogen-bond acceptors (Lipinski definition) is 4. The summed E-state index contributed by atoms with van der Waals surface area (Å²) in [6, 6.07) is 1.23. The first kappa shape index (κ1) is 15.1. The predicted molar refractivity (Wildman–Crippen MR) is 72.1 cm³/mol. The fourth-order valence-corrected chi connectivity index (χ4v) is 2.55. The highest BCUT2D eigenvalue weighted by molar-refractivity contribution is 5.73. The van der Waals surface area contributed by atoms with Gasteiger partial charge < -0.3 is 10.2 Å². The van der Waals surface area contributed by atoms with Crippen LogP contribution in [0.3, 0.4) is 0 Å². The zero-order valence-corrected chi connectivity index (χ0v) is 11.4. The van der Waals surface area contributed by atoms with Crippen molar-refractivity contribution >= 4 is 17.3 Å². The van der Waals surface area contributed by atoms with E-state index in [0.717, 1.165) is 6.42 Å². The maximum atomic E-state index is 14.0. The topological polar surface area (TPSA) is 75.5 Å². The van der Waals surface area contributed by atoms with Crippen LogP contribution >= 0.6 is 0 Å². The summed E-state index contributed by atoms with van der Waals surface area (Å²) >= 11 is 0. The molecule has 1 atom stereocenters. The first-order valence-corrected chi connectivity index (χ1v) is 6.54. The summed E-state index contributed by atoms with van der Waals surface area (Å²) in [7, 11) is 0. The Labute approximate surface area is 119 Å². The molecule has 21 heavy (non-hydrogen) atoms. The second-order valence-electron chi connectivity index (χ2n) is 5.00. The molecule has 1 saturated heterocycles. The normalized spacial score (nSPS) is 18.4. The maximum absolute atomic E-state index is 14.0. The van der Waals surface area contributed by atoms with Crippen molar-refractivity contribution in [1.29, 1.82) is 0 Å². The van der Waals surface area contributed by atoms with E-state index >= 15 is 0 Å². The van der Waals surface area contributed by atoms with Gasteiger partial charge in [-0.05, 0) is 12.8 Å². The first-order chi connectivity index (χ1) is 9.88. The number of carbonyl (C=O) groups excluding carboxylic acids is 1. The van der Waals surface area contributed by atoms with Gasteiger partial charge in [-0.3, -0.25) is 14.9 Å². The van der Waals surface area contributed by atoms with Crippen molar-refractivity contribution in [2.75, 3.05) is 18.0 Å². The molecule has 6 nitrogen and oxygen atoms in total. The average Bonchev–Trinajstić information content (AvgIpc) is 2.37. The van der Waals surface area contributed by atoms with Gasteiger partial charge in [-0.15, -0.1) is 0 Å². The van der Waals surface area contributed by atoms with Gasteiger partial charge >= 0.3 is 0 Å². The largest absolute Gasteiger partial charge is 0.365 e. The number of nitro groups is 1. The van der Waals surface area contributed by atoms with Crippen molar-refractivity contribution in [3.8, 4) is 0 Å². The molecule has 1 aromatic rings. The van der Waals surface area contributed by atoms with Crippen LogP contribution in [-0.4, -0.2) is 30.0 Å². The number of halogens is 2. The average molecular weight is 299 g/mol. The minimum atomic E-state index is -0.967. The molecule has 0 radical (unpaired) electrons. The molecule has 1 aliphatic rings. The SMILES string of the molecule is CC(=O)N[C@H]1CCCN(c2c(F)cc([N+](=O)[O-])cc2F)C1.